The van der Waals surface area contributed by atoms with E-state index in [0.29, 0.717) is 24.2 Å². The van der Waals surface area contributed by atoms with Crippen LogP contribution in [0, 0.1) is 23.2 Å². The Morgan fingerprint density at radius 3 is 2.50 bits per heavy atom. The molecule has 0 aromatic carbocycles. The lowest BCUT2D eigenvalue weighted by Crippen LogP contribution is -2.33. The van der Waals surface area contributed by atoms with Gasteiger partial charge in [0.2, 0.25) is 5.91 Å². The van der Waals surface area contributed by atoms with E-state index in [1.807, 2.05) is 0 Å². The SMILES string of the molecule is CC(CC(=O)NCC1CCCC1CCl)C(C)(C)C. The highest BCUT2D eigenvalue weighted by Crippen LogP contribution is 2.32. The molecule has 0 spiro atoms. The van der Waals surface area contributed by atoms with Crippen LogP contribution in [0.3, 0.4) is 0 Å². The van der Waals surface area contributed by atoms with Gasteiger partial charge in [0.05, 0.1) is 0 Å². The molecule has 0 aliphatic heterocycles. The van der Waals surface area contributed by atoms with Gasteiger partial charge in [-0.15, -0.1) is 11.6 Å². The molecule has 1 aliphatic rings. The van der Waals surface area contributed by atoms with Gasteiger partial charge in [-0.3, -0.25) is 4.79 Å². The molecule has 3 heteroatoms. The van der Waals surface area contributed by atoms with Gasteiger partial charge in [0.1, 0.15) is 0 Å². The minimum Gasteiger partial charge on any atom is -0.356 e. The third-order valence-corrected chi connectivity index (χ3v) is 4.94. The molecule has 3 atom stereocenters. The molecule has 0 saturated heterocycles. The Morgan fingerprint density at radius 1 is 1.33 bits per heavy atom. The first-order valence-corrected chi connectivity index (χ1v) is 7.70. The maximum absolute atomic E-state index is 11.9. The van der Waals surface area contributed by atoms with Crippen LogP contribution in [0.4, 0.5) is 0 Å². The molecule has 2 nitrogen and oxygen atoms in total. The van der Waals surface area contributed by atoms with Crippen molar-refractivity contribution in [2.45, 2.75) is 53.4 Å². The number of amides is 1. The van der Waals surface area contributed by atoms with Crippen molar-refractivity contribution in [3.8, 4) is 0 Å². The van der Waals surface area contributed by atoms with E-state index < -0.39 is 0 Å². The number of carbonyl (C=O) groups is 1. The van der Waals surface area contributed by atoms with E-state index in [9.17, 15) is 4.79 Å². The summed E-state index contributed by atoms with van der Waals surface area (Å²) in [7, 11) is 0. The van der Waals surface area contributed by atoms with E-state index in [0.717, 1.165) is 12.4 Å². The van der Waals surface area contributed by atoms with E-state index in [-0.39, 0.29) is 11.3 Å². The first kappa shape index (κ1) is 15.8. The molecule has 1 rings (SSSR count). The first-order valence-electron chi connectivity index (χ1n) is 7.17. The average Bonchev–Trinajstić information content (AvgIpc) is 2.72. The van der Waals surface area contributed by atoms with Gasteiger partial charge in [0.25, 0.3) is 0 Å². The summed E-state index contributed by atoms with van der Waals surface area (Å²) in [4.78, 5) is 11.9. The second-order valence-corrected chi connectivity index (χ2v) is 7.19. The number of halogens is 1. The lowest BCUT2D eigenvalue weighted by atomic mass is 9.80. The largest absolute Gasteiger partial charge is 0.356 e. The molecule has 0 aromatic rings. The zero-order chi connectivity index (χ0) is 13.8. The maximum atomic E-state index is 11.9. The molecule has 18 heavy (non-hydrogen) atoms. The van der Waals surface area contributed by atoms with Crippen LogP contribution in [0.2, 0.25) is 0 Å². The van der Waals surface area contributed by atoms with Crippen LogP contribution in [0.25, 0.3) is 0 Å². The standard InChI is InChI=1S/C15H28ClNO/c1-11(15(2,3)4)8-14(18)17-10-13-7-5-6-12(13)9-16/h11-13H,5-10H2,1-4H3,(H,17,18). The summed E-state index contributed by atoms with van der Waals surface area (Å²) < 4.78 is 0. The Balaban J connectivity index is 2.29. The summed E-state index contributed by atoms with van der Waals surface area (Å²) in [5.74, 6) is 2.53. The molecule has 1 fully saturated rings. The van der Waals surface area contributed by atoms with Gasteiger partial charge in [-0.2, -0.15) is 0 Å². The van der Waals surface area contributed by atoms with E-state index in [2.05, 4.69) is 33.0 Å². The lowest BCUT2D eigenvalue weighted by molar-refractivity contribution is -0.122. The van der Waals surface area contributed by atoms with Gasteiger partial charge < -0.3 is 5.32 Å². The normalized spacial score (nSPS) is 26.1. The topological polar surface area (TPSA) is 29.1 Å². The van der Waals surface area contributed by atoms with Crippen molar-refractivity contribution in [2.75, 3.05) is 12.4 Å². The van der Waals surface area contributed by atoms with Gasteiger partial charge in [-0.05, 0) is 36.0 Å². The van der Waals surface area contributed by atoms with Crippen molar-refractivity contribution >= 4 is 17.5 Å². The van der Waals surface area contributed by atoms with Gasteiger partial charge in [0, 0.05) is 18.8 Å². The fraction of sp³-hybridized carbons (Fsp3) is 0.933. The Hall–Kier alpha value is -0.240. The van der Waals surface area contributed by atoms with Gasteiger partial charge in [0.15, 0.2) is 0 Å². The number of hydrogen-bond donors (Lipinski definition) is 1. The molecular formula is C15H28ClNO. The van der Waals surface area contributed by atoms with Crippen molar-refractivity contribution < 1.29 is 4.79 Å². The van der Waals surface area contributed by atoms with Gasteiger partial charge in [-0.1, -0.05) is 34.1 Å². The van der Waals surface area contributed by atoms with Crippen LogP contribution in [-0.2, 0) is 4.79 Å². The summed E-state index contributed by atoms with van der Waals surface area (Å²) >= 11 is 5.95. The number of rotatable bonds is 5. The van der Waals surface area contributed by atoms with Gasteiger partial charge >= 0.3 is 0 Å². The van der Waals surface area contributed by atoms with Crippen LogP contribution in [0.5, 0.6) is 0 Å². The molecule has 3 unspecified atom stereocenters. The Labute approximate surface area is 117 Å². The van der Waals surface area contributed by atoms with Crippen molar-refractivity contribution in [1.29, 1.82) is 0 Å². The third-order valence-electron chi connectivity index (χ3n) is 4.55. The second kappa shape index (κ2) is 6.79. The molecule has 1 saturated carbocycles. The molecule has 1 N–H and O–H groups in total. The van der Waals surface area contributed by atoms with Crippen LogP contribution in [-0.4, -0.2) is 18.3 Å². The predicted molar refractivity (Wildman–Crippen MR) is 77.8 cm³/mol. The molecule has 106 valence electrons. The van der Waals surface area contributed by atoms with Crippen LogP contribution < -0.4 is 5.32 Å². The van der Waals surface area contributed by atoms with E-state index in [4.69, 9.17) is 11.6 Å². The van der Waals surface area contributed by atoms with Gasteiger partial charge in [-0.25, -0.2) is 0 Å². The van der Waals surface area contributed by atoms with Crippen molar-refractivity contribution in [3.05, 3.63) is 0 Å². The molecule has 1 amide bonds. The number of alkyl halides is 1. The molecule has 0 bridgehead atoms. The summed E-state index contributed by atoms with van der Waals surface area (Å²) in [6, 6.07) is 0. The predicted octanol–water partition coefficient (Wildman–Crippen LogP) is 3.83. The van der Waals surface area contributed by atoms with E-state index in [1.54, 1.807) is 0 Å². The Kier molecular flexibility index (Phi) is 5.97. The first-order chi connectivity index (χ1) is 8.34. The Bertz CT molecular complexity index is 272. The monoisotopic (exact) mass is 273 g/mol. The van der Waals surface area contributed by atoms with Crippen molar-refractivity contribution in [2.24, 2.45) is 23.2 Å². The van der Waals surface area contributed by atoms with E-state index in [1.165, 1.54) is 19.3 Å². The molecular weight excluding hydrogens is 246 g/mol. The highest BCUT2D eigenvalue weighted by atomic mass is 35.5. The maximum Gasteiger partial charge on any atom is 0.220 e. The zero-order valence-electron chi connectivity index (χ0n) is 12.3. The zero-order valence-corrected chi connectivity index (χ0v) is 13.0. The molecule has 0 heterocycles. The fourth-order valence-corrected chi connectivity index (χ4v) is 2.89. The van der Waals surface area contributed by atoms with Crippen molar-refractivity contribution in [3.63, 3.8) is 0 Å². The highest BCUT2D eigenvalue weighted by Gasteiger charge is 2.27. The number of nitrogens with one attached hydrogen (secondary N) is 1. The van der Waals surface area contributed by atoms with Crippen LogP contribution in [0.1, 0.15) is 53.4 Å². The van der Waals surface area contributed by atoms with Crippen LogP contribution in [0.15, 0.2) is 0 Å². The average molecular weight is 274 g/mol. The summed E-state index contributed by atoms with van der Waals surface area (Å²) in [6.07, 6.45) is 4.33. The minimum absolute atomic E-state index is 0.192. The smallest absolute Gasteiger partial charge is 0.220 e. The fourth-order valence-electron chi connectivity index (χ4n) is 2.49. The van der Waals surface area contributed by atoms with Crippen LogP contribution >= 0.6 is 11.6 Å². The Morgan fingerprint density at radius 2 is 1.94 bits per heavy atom. The number of hydrogen-bond acceptors (Lipinski definition) is 1. The van der Waals surface area contributed by atoms with E-state index >= 15 is 0 Å². The second-order valence-electron chi connectivity index (χ2n) is 6.88. The summed E-state index contributed by atoms with van der Waals surface area (Å²) in [5, 5.41) is 3.09. The quantitative estimate of drug-likeness (QED) is 0.758. The number of carbonyl (C=O) groups excluding carboxylic acids is 1. The summed E-state index contributed by atoms with van der Waals surface area (Å²) in [5.41, 5.74) is 0.198. The molecule has 0 radical (unpaired) electrons. The highest BCUT2D eigenvalue weighted by molar-refractivity contribution is 6.18. The summed E-state index contributed by atoms with van der Waals surface area (Å²) in [6.45, 7) is 9.52. The van der Waals surface area contributed by atoms with Crippen molar-refractivity contribution in [1.82, 2.24) is 5.32 Å². The molecule has 0 aromatic heterocycles. The minimum atomic E-state index is 0.192. The molecule has 1 aliphatic carbocycles. The third kappa shape index (κ3) is 4.79. The lowest BCUT2D eigenvalue weighted by Gasteiger charge is -2.27.